The lowest BCUT2D eigenvalue weighted by Crippen LogP contribution is -2.57. The molecule has 1 aromatic heterocycles. The maximum atomic E-state index is 13.3. The average Bonchev–Trinajstić information content (AvgIpc) is 3.43. The van der Waals surface area contributed by atoms with Crippen molar-refractivity contribution in [3.8, 4) is 0 Å². The number of aromatic nitrogens is 1. The number of carbonyl (C=O) groups excluding carboxylic acids is 3. The number of fused-ring (bicyclic) bond motifs is 1. The Morgan fingerprint density at radius 1 is 1.19 bits per heavy atom. The summed E-state index contributed by atoms with van der Waals surface area (Å²) in [5, 5.41) is 25.1. The zero-order chi connectivity index (χ0) is 26.6. The Morgan fingerprint density at radius 2 is 1.89 bits per heavy atom. The number of ether oxygens (including phenoxy) is 1. The first-order valence-electron chi connectivity index (χ1n) is 11.9. The summed E-state index contributed by atoms with van der Waals surface area (Å²) in [5.74, 6) is -2.70. The number of nitrogens with zero attached hydrogens (tertiary/aromatic N) is 1. The van der Waals surface area contributed by atoms with E-state index in [1.165, 1.54) is 11.8 Å². The number of hydrogen-bond acceptors (Lipinski definition) is 6. The van der Waals surface area contributed by atoms with E-state index in [0.717, 1.165) is 16.5 Å². The lowest BCUT2D eigenvalue weighted by Gasteiger charge is -2.29. The number of rotatable bonds is 8. The minimum Gasteiger partial charge on any atom is -0.480 e. The molecule has 3 rings (SSSR count). The molecular formula is C25H34N4O7. The van der Waals surface area contributed by atoms with Gasteiger partial charge in [0.1, 0.15) is 17.7 Å². The van der Waals surface area contributed by atoms with Crippen LogP contribution in [0, 0.1) is 0 Å². The fourth-order valence-corrected chi connectivity index (χ4v) is 4.22. The third-order valence-corrected chi connectivity index (χ3v) is 5.96. The smallest absolute Gasteiger partial charge is 0.410 e. The van der Waals surface area contributed by atoms with Crippen LogP contribution in [0.2, 0.25) is 0 Å². The van der Waals surface area contributed by atoms with Crippen LogP contribution < -0.4 is 10.6 Å². The molecule has 0 saturated carbocycles. The van der Waals surface area contributed by atoms with Gasteiger partial charge in [-0.05, 0) is 52.2 Å². The predicted octanol–water partition coefficient (Wildman–Crippen LogP) is 1.54. The predicted molar refractivity (Wildman–Crippen MR) is 131 cm³/mol. The third kappa shape index (κ3) is 6.54. The van der Waals surface area contributed by atoms with Crippen molar-refractivity contribution in [2.45, 2.75) is 76.8 Å². The first-order valence-corrected chi connectivity index (χ1v) is 11.9. The monoisotopic (exact) mass is 502 g/mol. The van der Waals surface area contributed by atoms with E-state index in [1.807, 2.05) is 24.3 Å². The molecule has 0 unspecified atom stereocenters. The second-order valence-corrected chi connectivity index (χ2v) is 10.0. The molecule has 11 nitrogen and oxygen atoms in total. The summed E-state index contributed by atoms with van der Waals surface area (Å²) in [6, 6.07) is 3.92. The van der Waals surface area contributed by atoms with Crippen molar-refractivity contribution >= 4 is 34.8 Å². The summed E-state index contributed by atoms with van der Waals surface area (Å²) in [7, 11) is 0. The molecule has 196 valence electrons. The quantitative estimate of drug-likeness (QED) is 0.366. The number of amides is 3. The van der Waals surface area contributed by atoms with Gasteiger partial charge >= 0.3 is 12.1 Å². The van der Waals surface area contributed by atoms with Crippen LogP contribution in [-0.2, 0) is 25.5 Å². The molecule has 4 atom stereocenters. The van der Waals surface area contributed by atoms with E-state index in [-0.39, 0.29) is 6.42 Å². The molecule has 1 fully saturated rings. The van der Waals surface area contributed by atoms with Crippen molar-refractivity contribution in [2.75, 3.05) is 6.54 Å². The van der Waals surface area contributed by atoms with E-state index >= 15 is 0 Å². The Kier molecular flexibility index (Phi) is 8.24. The summed E-state index contributed by atoms with van der Waals surface area (Å²) < 4.78 is 5.42. The number of carboxylic acid groups (broad SMARTS) is 1. The second kappa shape index (κ2) is 11.0. The third-order valence-electron chi connectivity index (χ3n) is 5.96. The van der Waals surface area contributed by atoms with Gasteiger partial charge in [-0.3, -0.25) is 14.5 Å². The Hall–Kier alpha value is -3.60. The molecule has 2 aromatic rings. The molecule has 1 aliphatic heterocycles. The van der Waals surface area contributed by atoms with Crippen LogP contribution in [0.25, 0.3) is 10.9 Å². The molecule has 0 radical (unpaired) electrons. The first kappa shape index (κ1) is 27.0. The maximum absolute atomic E-state index is 13.3. The lowest BCUT2D eigenvalue weighted by atomic mass is 10.0. The highest BCUT2D eigenvalue weighted by molar-refractivity contribution is 5.94. The first-order chi connectivity index (χ1) is 16.9. The van der Waals surface area contributed by atoms with Gasteiger partial charge in [-0.1, -0.05) is 18.2 Å². The number of aromatic amines is 1. The minimum absolute atomic E-state index is 0.0624. The Balaban J connectivity index is 1.83. The summed E-state index contributed by atoms with van der Waals surface area (Å²) >= 11 is 0. The van der Waals surface area contributed by atoms with Crippen LogP contribution in [0.5, 0.6) is 0 Å². The summed E-state index contributed by atoms with van der Waals surface area (Å²) in [4.78, 5) is 55.1. The number of aliphatic hydroxyl groups excluding tert-OH is 1. The van der Waals surface area contributed by atoms with E-state index in [2.05, 4.69) is 15.6 Å². The highest BCUT2D eigenvalue weighted by Gasteiger charge is 2.38. The normalized spacial score (nSPS) is 18.4. The molecule has 1 saturated heterocycles. The van der Waals surface area contributed by atoms with Crippen LogP contribution in [0.4, 0.5) is 4.79 Å². The van der Waals surface area contributed by atoms with Crippen LogP contribution >= 0.6 is 0 Å². The highest BCUT2D eigenvalue weighted by atomic mass is 16.6. The fraction of sp³-hybridized carbons (Fsp3) is 0.520. The van der Waals surface area contributed by atoms with Gasteiger partial charge in [0.05, 0.1) is 6.10 Å². The van der Waals surface area contributed by atoms with Crippen molar-refractivity contribution in [3.63, 3.8) is 0 Å². The average molecular weight is 503 g/mol. The maximum Gasteiger partial charge on any atom is 0.410 e. The van der Waals surface area contributed by atoms with Gasteiger partial charge in [-0.25, -0.2) is 9.59 Å². The number of para-hydroxylation sites is 1. The summed E-state index contributed by atoms with van der Waals surface area (Å²) in [6.07, 6.45) is 0.819. The molecule has 3 amide bonds. The standard InChI is InChI=1S/C25H34N4O7/c1-14(30)20(23(33)34)28-21(31)18(12-15-13-26-17-9-6-5-8-16(15)17)27-22(32)19-10-7-11-29(19)24(35)36-25(2,3)4/h5-6,8-9,13-14,18-20,26,30H,7,10-12H2,1-4H3,(H,27,32)(H,28,31)(H,33,34)/t14-,18+,19+,20+/m1/s1. The number of nitrogens with one attached hydrogen (secondary N) is 3. The van der Waals surface area contributed by atoms with Gasteiger partial charge < -0.3 is 30.6 Å². The number of H-pyrrole nitrogens is 1. The van der Waals surface area contributed by atoms with Crippen LogP contribution in [0.1, 0.15) is 46.1 Å². The second-order valence-electron chi connectivity index (χ2n) is 10.0. The van der Waals surface area contributed by atoms with Crippen molar-refractivity contribution in [1.29, 1.82) is 0 Å². The number of hydrogen-bond donors (Lipinski definition) is 5. The SMILES string of the molecule is C[C@@H](O)[C@H](NC(=O)[C@H](Cc1c[nH]c2ccccc12)NC(=O)[C@@H]1CCCN1C(=O)OC(C)(C)C)C(=O)O. The van der Waals surface area contributed by atoms with E-state index in [9.17, 15) is 29.4 Å². The number of benzene rings is 1. The van der Waals surface area contributed by atoms with E-state index in [0.29, 0.717) is 19.4 Å². The van der Waals surface area contributed by atoms with Gasteiger partial charge in [0.15, 0.2) is 6.04 Å². The van der Waals surface area contributed by atoms with Crippen molar-refractivity contribution in [2.24, 2.45) is 0 Å². The molecule has 1 aliphatic rings. The Bertz CT molecular complexity index is 1120. The van der Waals surface area contributed by atoms with Crippen molar-refractivity contribution in [1.82, 2.24) is 20.5 Å². The molecule has 1 aromatic carbocycles. The van der Waals surface area contributed by atoms with Crippen LogP contribution in [0.3, 0.4) is 0 Å². The van der Waals surface area contributed by atoms with Crippen LogP contribution in [0.15, 0.2) is 30.5 Å². The molecule has 0 bridgehead atoms. The van der Waals surface area contributed by atoms with E-state index in [4.69, 9.17) is 4.74 Å². The van der Waals surface area contributed by atoms with Gasteiger partial charge in [-0.15, -0.1) is 0 Å². The van der Waals surface area contributed by atoms with Crippen molar-refractivity contribution in [3.05, 3.63) is 36.0 Å². The topological polar surface area (TPSA) is 161 Å². The van der Waals surface area contributed by atoms with E-state index in [1.54, 1.807) is 27.0 Å². The fourth-order valence-electron chi connectivity index (χ4n) is 4.22. The lowest BCUT2D eigenvalue weighted by molar-refractivity contribution is -0.145. The number of aliphatic hydroxyl groups is 1. The number of carboxylic acids is 1. The summed E-state index contributed by atoms with van der Waals surface area (Å²) in [6.45, 7) is 6.80. The van der Waals surface area contributed by atoms with E-state index < -0.39 is 53.7 Å². The molecule has 0 aliphatic carbocycles. The van der Waals surface area contributed by atoms with Gasteiger partial charge in [-0.2, -0.15) is 0 Å². The zero-order valence-corrected chi connectivity index (χ0v) is 20.9. The largest absolute Gasteiger partial charge is 0.480 e. The number of carbonyl (C=O) groups is 4. The highest BCUT2D eigenvalue weighted by Crippen LogP contribution is 2.22. The molecule has 11 heteroatoms. The molecule has 5 N–H and O–H groups in total. The van der Waals surface area contributed by atoms with Gasteiger partial charge in [0.2, 0.25) is 11.8 Å². The minimum atomic E-state index is -1.55. The molecular weight excluding hydrogens is 468 g/mol. The number of likely N-dealkylation sites (tertiary alicyclic amines) is 1. The molecule has 36 heavy (non-hydrogen) atoms. The Labute approximate surface area is 209 Å². The molecule has 2 heterocycles. The van der Waals surface area contributed by atoms with Gasteiger partial charge in [0.25, 0.3) is 0 Å². The molecule has 0 spiro atoms. The van der Waals surface area contributed by atoms with Gasteiger partial charge in [0, 0.05) is 30.1 Å². The van der Waals surface area contributed by atoms with Crippen molar-refractivity contribution < 1.29 is 34.1 Å². The Morgan fingerprint density at radius 3 is 2.53 bits per heavy atom. The number of aliphatic carboxylic acids is 1. The van der Waals surface area contributed by atoms with Crippen LogP contribution in [-0.4, -0.2) is 80.3 Å². The summed E-state index contributed by atoms with van der Waals surface area (Å²) in [5.41, 5.74) is 0.855. The zero-order valence-electron chi connectivity index (χ0n) is 20.9.